The van der Waals surface area contributed by atoms with E-state index in [0.29, 0.717) is 0 Å². The van der Waals surface area contributed by atoms with Gasteiger partial charge in [0.25, 0.3) is 0 Å². The van der Waals surface area contributed by atoms with E-state index in [1.807, 2.05) is 13.0 Å². The molecule has 0 fully saturated rings. The Morgan fingerprint density at radius 2 is 1.68 bits per heavy atom. The van der Waals surface area contributed by atoms with Gasteiger partial charge in [0.2, 0.25) is 0 Å². The van der Waals surface area contributed by atoms with Crippen LogP contribution in [0.4, 0.5) is 5.69 Å². The van der Waals surface area contributed by atoms with Gasteiger partial charge in [-0.1, -0.05) is 46.1 Å². The molecule has 0 radical (unpaired) electrons. The summed E-state index contributed by atoms with van der Waals surface area (Å²) in [6, 6.07) is 6.43. The van der Waals surface area contributed by atoms with Crippen molar-refractivity contribution in [1.29, 1.82) is 0 Å². The molecular weight excluding hydrogens is 340 g/mol. The van der Waals surface area contributed by atoms with Crippen molar-refractivity contribution < 1.29 is 0 Å². The molecule has 0 aliphatic rings. The third-order valence-electron chi connectivity index (χ3n) is 4.42. The summed E-state index contributed by atoms with van der Waals surface area (Å²) in [6.07, 6.45) is 3.99. The first kappa shape index (κ1) is 23.6. The van der Waals surface area contributed by atoms with E-state index in [-0.39, 0.29) is 11.0 Å². The summed E-state index contributed by atoms with van der Waals surface area (Å²) >= 11 is 0. The van der Waals surface area contributed by atoms with Crippen LogP contribution in [-0.2, 0) is 0 Å². The van der Waals surface area contributed by atoms with Gasteiger partial charge in [0, 0.05) is 16.9 Å². The number of hydrogen-bond acceptors (Lipinski definition) is 2. The first-order chi connectivity index (χ1) is 12.7. The van der Waals surface area contributed by atoms with E-state index >= 15 is 0 Å². The Kier molecular flexibility index (Phi) is 7.73. The van der Waals surface area contributed by atoms with Crippen molar-refractivity contribution in [2.75, 3.05) is 5.32 Å². The topological polar surface area (TPSA) is 24.1 Å². The minimum absolute atomic E-state index is 0.0319. The molecule has 0 atom stereocenters. The monoisotopic (exact) mass is 378 g/mol. The fourth-order valence-corrected chi connectivity index (χ4v) is 2.62. The van der Waals surface area contributed by atoms with Crippen molar-refractivity contribution in [2.45, 2.75) is 67.9 Å². The van der Waals surface area contributed by atoms with E-state index in [2.05, 4.69) is 109 Å². The molecule has 152 valence electrons. The molecule has 0 saturated carbocycles. The summed E-state index contributed by atoms with van der Waals surface area (Å²) in [5.74, 6) is 0. The second-order valence-corrected chi connectivity index (χ2v) is 9.41. The van der Waals surface area contributed by atoms with Crippen molar-refractivity contribution in [1.82, 2.24) is 5.32 Å². The minimum atomic E-state index is -0.0326. The predicted molar refractivity (Wildman–Crippen MR) is 126 cm³/mol. The largest absolute Gasteiger partial charge is 0.374 e. The molecule has 0 amide bonds. The number of allylic oxidation sites excluding steroid dienone is 3. The van der Waals surface area contributed by atoms with Crippen LogP contribution >= 0.6 is 0 Å². The van der Waals surface area contributed by atoms with E-state index in [1.165, 1.54) is 5.56 Å². The lowest BCUT2D eigenvalue weighted by Gasteiger charge is -2.24. The van der Waals surface area contributed by atoms with Gasteiger partial charge in [-0.2, -0.15) is 0 Å². The molecule has 0 aliphatic heterocycles. The van der Waals surface area contributed by atoms with Crippen molar-refractivity contribution >= 4 is 11.3 Å². The van der Waals surface area contributed by atoms with Crippen LogP contribution in [0.3, 0.4) is 0 Å². The van der Waals surface area contributed by atoms with Gasteiger partial charge in [0.1, 0.15) is 0 Å². The zero-order valence-corrected chi connectivity index (χ0v) is 19.3. The minimum Gasteiger partial charge on any atom is -0.374 e. The normalized spacial score (nSPS) is 12.1. The molecule has 2 heteroatoms. The summed E-state index contributed by atoms with van der Waals surface area (Å²) in [5.41, 5.74) is 10.6. The van der Waals surface area contributed by atoms with Crippen LogP contribution in [-0.4, -0.2) is 5.54 Å². The Hall–Kier alpha value is -2.44. The molecule has 2 nitrogen and oxygen atoms in total. The zero-order chi connectivity index (χ0) is 21.7. The SMILES string of the molecule is C=C(Nc1cc(C(=C)C(C)(C)C)ccc1C)/C(C)=C/C(=C=CC)NC(C)(C)C. The van der Waals surface area contributed by atoms with Crippen molar-refractivity contribution in [3.05, 3.63) is 77.3 Å². The highest BCUT2D eigenvalue weighted by Gasteiger charge is 2.17. The van der Waals surface area contributed by atoms with Crippen LogP contribution in [0.5, 0.6) is 0 Å². The highest BCUT2D eigenvalue weighted by atomic mass is 15.0. The van der Waals surface area contributed by atoms with E-state index in [9.17, 15) is 0 Å². The number of aryl methyl sites for hydroxylation is 1. The van der Waals surface area contributed by atoms with Crippen LogP contribution in [0, 0.1) is 12.3 Å². The molecular formula is C26H38N2. The van der Waals surface area contributed by atoms with Gasteiger partial charge in [0.05, 0.1) is 5.70 Å². The van der Waals surface area contributed by atoms with E-state index in [0.717, 1.165) is 33.8 Å². The maximum Gasteiger partial charge on any atom is 0.0777 e. The quantitative estimate of drug-likeness (QED) is 0.399. The lowest BCUT2D eigenvalue weighted by molar-refractivity contribution is 0.479. The first-order valence-corrected chi connectivity index (χ1v) is 9.89. The first-order valence-electron chi connectivity index (χ1n) is 9.89. The molecule has 0 bridgehead atoms. The van der Waals surface area contributed by atoms with Gasteiger partial charge in [-0.25, -0.2) is 0 Å². The van der Waals surface area contributed by atoms with Crippen LogP contribution in [0.15, 0.2) is 66.2 Å². The van der Waals surface area contributed by atoms with Gasteiger partial charge >= 0.3 is 0 Å². The highest BCUT2D eigenvalue weighted by molar-refractivity contribution is 5.72. The average Bonchev–Trinajstić information content (AvgIpc) is 2.53. The molecule has 0 saturated heterocycles. The fraction of sp³-hybridized carbons (Fsp3) is 0.423. The molecule has 0 aromatic heterocycles. The summed E-state index contributed by atoms with van der Waals surface area (Å²) in [4.78, 5) is 0. The number of anilines is 1. The third kappa shape index (κ3) is 7.29. The van der Waals surface area contributed by atoms with Crippen LogP contribution < -0.4 is 10.6 Å². The van der Waals surface area contributed by atoms with Gasteiger partial charge in [-0.3, -0.25) is 0 Å². The van der Waals surface area contributed by atoms with Gasteiger partial charge in [0.15, 0.2) is 0 Å². The molecule has 0 aliphatic carbocycles. The molecule has 1 aromatic rings. The van der Waals surface area contributed by atoms with Crippen molar-refractivity contribution in [2.24, 2.45) is 5.41 Å². The van der Waals surface area contributed by atoms with Gasteiger partial charge in [-0.05, 0) is 87.4 Å². The number of nitrogens with one attached hydrogen (secondary N) is 2. The van der Waals surface area contributed by atoms with Crippen LogP contribution in [0.2, 0.25) is 0 Å². The Labute approximate surface area is 172 Å². The molecule has 0 spiro atoms. The lowest BCUT2D eigenvalue weighted by Crippen LogP contribution is -2.34. The Morgan fingerprint density at radius 3 is 2.18 bits per heavy atom. The molecule has 2 N–H and O–H groups in total. The third-order valence-corrected chi connectivity index (χ3v) is 4.42. The second kappa shape index (κ2) is 9.17. The fourth-order valence-electron chi connectivity index (χ4n) is 2.62. The molecule has 0 unspecified atom stereocenters. The second-order valence-electron chi connectivity index (χ2n) is 9.41. The standard InChI is InChI=1S/C26H38N2/c1-12-13-23(28-26(9,10)11)16-19(3)21(5)27-24-17-22(15-14-18(24)2)20(4)25(6,7)8/h12,14-17,27-28H,4-5H2,1-3,6-11H3/b19-16+. The number of hydrogen-bond donors (Lipinski definition) is 2. The van der Waals surface area contributed by atoms with Gasteiger partial charge in [-0.15, -0.1) is 5.73 Å². The average molecular weight is 379 g/mol. The van der Waals surface area contributed by atoms with E-state index in [4.69, 9.17) is 0 Å². The summed E-state index contributed by atoms with van der Waals surface area (Å²) < 4.78 is 0. The smallest absolute Gasteiger partial charge is 0.0777 e. The molecule has 28 heavy (non-hydrogen) atoms. The summed E-state index contributed by atoms with van der Waals surface area (Å²) in [5, 5.41) is 6.96. The summed E-state index contributed by atoms with van der Waals surface area (Å²) in [6.45, 7) is 27.6. The number of benzene rings is 1. The predicted octanol–water partition coefficient (Wildman–Crippen LogP) is 7.37. The van der Waals surface area contributed by atoms with Crippen LogP contribution in [0.25, 0.3) is 5.57 Å². The molecule has 1 rings (SSSR count). The van der Waals surface area contributed by atoms with E-state index < -0.39 is 0 Å². The zero-order valence-electron chi connectivity index (χ0n) is 19.3. The van der Waals surface area contributed by atoms with Crippen molar-refractivity contribution in [3.8, 4) is 0 Å². The molecule has 0 heterocycles. The lowest BCUT2D eigenvalue weighted by atomic mass is 9.83. The van der Waals surface area contributed by atoms with E-state index in [1.54, 1.807) is 0 Å². The molecule has 1 aromatic carbocycles. The Bertz CT molecular complexity index is 830. The number of rotatable bonds is 6. The maximum atomic E-state index is 4.29. The summed E-state index contributed by atoms with van der Waals surface area (Å²) in [7, 11) is 0. The highest BCUT2D eigenvalue weighted by Crippen LogP contribution is 2.34. The van der Waals surface area contributed by atoms with Crippen LogP contribution in [0.1, 0.15) is 66.5 Å². The van der Waals surface area contributed by atoms with Crippen molar-refractivity contribution in [3.63, 3.8) is 0 Å². The van der Waals surface area contributed by atoms with Gasteiger partial charge < -0.3 is 10.6 Å². The Morgan fingerprint density at radius 1 is 1.07 bits per heavy atom. The Balaban J connectivity index is 3.12. The maximum absolute atomic E-state index is 4.29.